The first-order valence-corrected chi connectivity index (χ1v) is 15.5. The van der Waals surface area contributed by atoms with Crippen molar-refractivity contribution in [3.63, 3.8) is 0 Å². The van der Waals surface area contributed by atoms with Crippen LogP contribution in [0.4, 0.5) is 13.2 Å². The van der Waals surface area contributed by atoms with Gasteiger partial charge in [0.05, 0.1) is 5.56 Å². The Morgan fingerprint density at radius 1 is 0.707 bits per heavy atom. The number of nitrogens with zero attached hydrogens (tertiary/aromatic N) is 2. The van der Waals surface area contributed by atoms with Crippen molar-refractivity contribution < 1.29 is 13.2 Å². The monoisotopic (exact) mass is 582 g/mol. The van der Waals surface area contributed by atoms with Gasteiger partial charge in [-0.3, -0.25) is 0 Å². The Balaban J connectivity index is 0.000000136. The fourth-order valence-electron chi connectivity index (χ4n) is 8.38. The summed E-state index contributed by atoms with van der Waals surface area (Å²) in [6.45, 7) is 11.3. The molecule has 6 fully saturated rings. The first-order chi connectivity index (χ1) is 19.7. The number of fused-ring (bicyclic) bond motifs is 8. The Kier molecular flexibility index (Phi) is 6.91. The third-order valence-corrected chi connectivity index (χ3v) is 10.7. The smallest absolute Gasteiger partial charge is 0.358 e. The molecule has 8 heteroatoms. The van der Waals surface area contributed by atoms with Crippen LogP contribution in [0.15, 0.2) is 36.4 Å². The molecule has 0 amide bonds. The van der Waals surface area contributed by atoms with Crippen molar-refractivity contribution in [1.29, 1.82) is 0 Å². The van der Waals surface area contributed by atoms with E-state index >= 15 is 0 Å². The Morgan fingerprint density at radius 3 is 1.61 bits per heavy atom. The van der Waals surface area contributed by atoms with Gasteiger partial charge in [0.1, 0.15) is 0 Å². The maximum absolute atomic E-state index is 13.0. The van der Waals surface area contributed by atoms with Gasteiger partial charge in [-0.1, -0.05) is 11.6 Å². The number of benzene rings is 2. The van der Waals surface area contributed by atoms with Gasteiger partial charge in [0.25, 0.3) is 0 Å². The Labute approximate surface area is 244 Å². The number of hydrogen-bond donors (Lipinski definition) is 2. The second-order valence-electron chi connectivity index (χ2n) is 12.8. The van der Waals surface area contributed by atoms with E-state index in [1.807, 2.05) is 13.0 Å². The number of aryl methyl sites for hydroxylation is 2. The molecule has 0 aliphatic carbocycles. The second kappa shape index (κ2) is 10.4. The molecule has 6 aliphatic heterocycles. The highest BCUT2D eigenvalue weighted by molar-refractivity contribution is 6.31. The molecule has 2 atom stereocenters. The average molecular weight is 583 g/mol. The topological polar surface area (TPSA) is 38.1 Å². The third-order valence-electron chi connectivity index (χ3n) is 10.4. The van der Waals surface area contributed by atoms with Crippen LogP contribution in [0.1, 0.15) is 65.6 Å². The van der Waals surface area contributed by atoms with Crippen LogP contribution in [-0.4, -0.2) is 59.0 Å². The quantitative estimate of drug-likeness (QED) is 0.250. The Hall–Kier alpha value is -2.48. The highest BCUT2D eigenvalue weighted by Gasteiger charge is 2.38. The molecule has 10 rings (SSSR count). The zero-order chi connectivity index (χ0) is 28.5. The number of rotatable bonds is 2. The molecule has 0 spiro atoms. The first-order valence-electron chi connectivity index (χ1n) is 15.1. The van der Waals surface area contributed by atoms with E-state index < -0.39 is 11.7 Å². The molecule has 41 heavy (non-hydrogen) atoms. The number of alkyl halides is 3. The van der Waals surface area contributed by atoms with E-state index in [1.165, 1.54) is 66.8 Å². The number of halogens is 4. The molecule has 4 nitrogen and oxygen atoms in total. The highest BCUT2D eigenvalue weighted by atomic mass is 35.5. The van der Waals surface area contributed by atoms with Gasteiger partial charge in [-0.15, -0.1) is 0 Å². The molecular weight excluding hydrogens is 545 g/mol. The van der Waals surface area contributed by atoms with Crippen LogP contribution >= 0.6 is 11.6 Å². The number of H-pyrrole nitrogens is 2. The van der Waals surface area contributed by atoms with E-state index in [0.717, 1.165) is 65.6 Å². The summed E-state index contributed by atoms with van der Waals surface area (Å²) in [4.78, 5) is 11.9. The lowest BCUT2D eigenvalue weighted by Gasteiger charge is -2.45. The lowest BCUT2D eigenvalue weighted by molar-refractivity contribution is -0.137. The van der Waals surface area contributed by atoms with Crippen LogP contribution < -0.4 is 0 Å². The third kappa shape index (κ3) is 4.98. The summed E-state index contributed by atoms with van der Waals surface area (Å²) < 4.78 is 39.1. The average Bonchev–Trinajstić information content (AvgIpc) is 3.48. The standard InChI is InChI=1S/C17H19F3N2.C16H19ClN2/c1-10-16(14-9-22-6-4-11(14)5-7-22)13-8-12(17(18,19)20)2-3-15(13)21-10;1-10-16(13-8-12(17)2-3-15(13)18-10)14-9-19-6-4-11(14)5-7-19/h2-3,8,11,14,21H,4-7,9H2,1H3;2-3,8,11,14,18H,4-7,9H2,1H3. The Bertz CT molecular complexity index is 1570. The largest absolute Gasteiger partial charge is 0.416 e. The zero-order valence-electron chi connectivity index (χ0n) is 23.8. The molecular formula is C33H38ClF3N4. The van der Waals surface area contributed by atoms with E-state index in [4.69, 9.17) is 11.6 Å². The fraction of sp³-hybridized carbons (Fsp3) is 0.515. The van der Waals surface area contributed by atoms with Crippen molar-refractivity contribution in [2.24, 2.45) is 11.8 Å². The lowest BCUT2D eigenvalue weighted by Crippen LogP contribution is -2.46. The minimum absolute atomic E-state index is 0.361. The normalized spacial score (nSPS) is 29.2. The van der Waals surface area contributed by atoms with Gasteiger partial charge in [-0.25, -0.2) is 0 Å². The number of nitrogens with one attached hydrogen (secondary N) is 2. The summed E-state index contributed by atoms with van der Waals surface area (Å²) in [5.41, 5.74) is 6.47. The maximum Gasteiger partial charge on any atom is 0.416 e. The van der Waals surface area contributed by atoms with Crippen molar-refractivity contribution in [1.82, 2.24) is 19.8 Å². The highest BCUT2D eigenvalue weighted by Crippen LogP contribution is 2.45. The minimum atomic E-state index is -4.29. The van der Waals surface area contributed by atoms with Crippen LogP contribution in [-0.2, 0) is 6.18 Å². The van der Waals surface area contributed by atoms with E-state index in [1.54, 1.807) is 6.07 Å². The van der Waals surface area contributed by atoms with Gasteiger partial charge in [0.15, 0.2) is 0 Å². The van der Waals surface area contributed by atoms with E-state index in [-0.39, 0.29) is 0 Å². The SMILES string of the molecule is Cc1[nH]c2ccc(C(F)(F)F)cc2c1C1CN2CCC1CC2.Cc1[nH]c2ccc(Cl)cc2c1C1CN2CCC1CC2. The molecule has 2 unspecified atom stereocenters. The van der Waals surface area contributed by atoms with E-state index in [2.05, 4.69) is 38.8 Å². The van der Waals surface area contributed by atoms with Crippen LogP contribution in [0, 0.1) is 25.7 Å². The molecule has 4 bridgehead atoms. The Morgan fingerprint density at radius 2 is 1.17 bits per heavy atom. The summed E-state index contributed by atoms with van der Waals surface area (Å²) in [6.07, 6.45) is 0.756. The number of hydrogen-bond acceptors (Lipinski definition) is 2. The van der Waals surface area contributed by atoms with Gasteiger partial charge in [-0.05, 0) is 125 Å². The van der Waals surface area contributed by atoms with Gasteiger partial charge in [-0.2, -0.15) is 13.2 Å². The molecule has 0 saturated carbocycles. The molecule has 6 saturated heterocycles. The zero-order valence-corrected chi connectivity index (χ0v) is 24.5. The predicted octanol–water partition coefficient (Wildman–Crippen LogP) is 8.24. The van der Waals surface area contributed by atoms with Crippen LogP contribution in [0.2, 0.25) is 5.02 Å². The molecule has 218 valence electrons. The summed E-state index contributed by atoms with van der Waals surface area (Å²) >= 11 is 6.19. The molecule has 2 aromatic heterocycles. The maximum atomic E-state index is 13.0. The van der Waals surface area contributed by atoms with Crippen molar-refractivity contribution in [2.75, 3.05) is 39.3 Å². The summed E-state index contributed by atoms with van der Waals surface area (Å²) in [6, 6.07) is 10.3. The van der Waals surface area contributed by atoms with E-state index in [0.29, 0.717) is 17.8 Å². The molecule has 2 N–H and O–H groups in total. The van der Waals surface area contributed by atoms with Crippen molar-refractivity contribution in [2.45, 2.75) is 57.5 Å². The lowest BCUT2D eigenvalue weighted by atomic mass is 9.74. The number of piperidine rings is 6. The first kappa shape index (κ1) is 27.4. The van der Waals surface area contributed by atoms with Gasteiger partial charge >= 0.3 is 6.18 Å². The van der Waals surface area contributed by atoms with Crippen LogP contribution in [0.5, 0.6) is 0 Å². The molecule has 0 radical (unpaired) electrons. The molecule has 2 aromatic carbocycles. The van der Waals surface area contributed by atoms with Crippen LogP contribution in [0.3, 0.4) is 0 Å². The van der Waals surface area contributed by atoms with Crippen molar-refractivity contribution >= 4 is 33.4 Å². The second-order valence-corrected chi connectivity index (χ2v) is 13.2. The van der Waals surface area contributed by atoms with Crippen molar-refractivity contribution in [3.8, 4) is 0 Å². The van der Waals surface area contributed by atoms with Gasteiger partial charge in [0, 0.05) is 63.1 Å². The van der Waals surface area contributed by atoms with E-state index in [9.17, 15) is 13.2 Å². The fourth-order valence-corrected chi connectivity index (χ4v) is 8.56. The number of aromatic amines is 2. The molecule has 4 aromatic rings. The van der Waals surface area contributed by atoms with Crippen molar-refractivity contribution in [3.05, 3.63) is 69.5 Å². The van der Waals surface area contributed by atoms with Crippen LogP contribution in [0.25, 0.3) is 21.8 Å². The predicted molar refractivity (Wildman–Crippen MR) is 160 cm³/mol. The number of aromatic nitrogens is 2. The summed E-state index contributed by atoms with van der Waals surface area (Å²) in [5, 5.41) is 2.93. The molecule has 6 aliphatic rings. The van der Waals surface area contributed by atoms with Gasteiger partial charge < -0.3 is 19.8 Å². The van der Waals surface area contributed by atoms with Gasteiger partial charge in [0.2, 0.25) is 0 Å². The molecule has 8 heterocycles. The summed E-state index contributed by atoms with van der Waals surface area (Å²) in [5.74, 6) is 2.52. The minimum Gasteiger partial charge on any atom is -0.358 e. The summed E-state index contributed by atoms with van der Waals surface area (Å²) in [7, 11) is 0.